The van der Waals surface area contributed by atoms with E-state index in [0.29, 0.717) is 6.54 Å². The lowest BCUT2D eigenvalue weighted by molar-refractivity contribution is -0.183. The third-order valence-corrected chi connectivity index (χ3v) is 2.78. The van der Waals surface area contributed by atoms with E-state index in [-0.39, 0.29) is 25.3 Å². The number of carbonyl (C=O) groups is 1. The fraction of sp³-hybridized carbons (Fsp3) is 0.917. The van der Waals surface area contributed by atoms with Gasteiger partial charge in [-0.3, -0.25) is 4.79 Å². The molecule has 0 aliphatic carbocycles. The molecule has 1 aliphatic rings. The van der Waals surface area contributed by atoms with Crippen LogP contribution in [-0.2, 0) is 9.53 Å². The summed E-state index contributed by atoms with van der Waals surface area (Å²) in [6, 6.07) is 0. The monoisotopic (exact) mass is 267 g/mol. The van der Waals surface area contributed by atoms with Crippen molar-refractivity contribution in [3.8, 4) is 0 Å². The van der Waals surface area contributed by atoms with Crippen LogP contribution >= 0.6 is 0 Å². The predicted molar refractivity (Wildman–Crippen MR) is 61.0 cm³/mol. The quantitative estimate of drug-likeness (QED) is 0.781. The van der Waals surface area contributed by atoms with E-state index in [2.05, 4.69) is 5.32 Å². The average molecular weight is 267 g/mol. The third kappa shape index (κ3) is 5.25. The SMILES string of the molecule is CC(C)(C)OC(=O)CC1CNCC(C(F)(F)F)C1. The van der Waals surface area contributed by atoms with Gasteiger partial charge >= 0.3 is 12.1 Å². The zero-order valence-corrected chi connectivity index (χ0v) is 10.9. The van der Waals surface area contributed by atoms with E-state index in [0.717, 1.165) is 0 Å². The molecule has 0 bridgehead atoms. The van der Waals surface area contributed by atoms with Crippen molar-refractivity contribution in [2.45, 2.75) is 45.4 Å². The number of ether oxygens (including phenoxy) is 1. The van der Waals surface area contributed by atoms with Crippen LogP contribution in [0.5, 0.6) is 0 Å². The Bertz CT molecular complexity index is 297. The molecule has 1 heterocycles. The van der Waals surface area contributed by atoms with Crippen LogP contribution in [0.4, 0.5) is 13.2 Å². The van der Waals surface area contributed by atoms with Crippen LogP contribution in [-0.4, -0.2) is 30.8 Å². The van der Waals surface area contributed by atoms with E-state index in [4.69, 9.17) is 4.74 Å². The molecule has 6 heteroatoms. The van der Waals surface area contributed by atoms with Gasteiger partial charge in [0.2, 0.25) is 0 Å². The van der Waals surface area contributed by atoms with E-state index in [1.54, 1.807) is 20.8 Å². The number of carbonyl (C=O) groups excluding carboxylic acids is 1. The number of rotatable bonds is 2. The van der Waals surface area contributed by atoms with Crippen molar-refractivity contribution in [2.75, 3.05) is 13.1 Å². The zero-order chi connectivity index (χ0) is 14.0. The van der Waals surface area contributed by atoms with Crippen LogP contribution in [0.2, 0.25) is 0 Å². The molecule has 1 N–H and O–H groups in total. The molecular formula is C12H20F3NO2. The maximum Gasteiger partial charge on any atom is 0.393 e. The van der Waals surface area contributed by atoms with Crippen molar-refractivity contribution >= 4 is 5.97 Å². The summed E-state index contributed by atoms with van der Waals surface area (Å²) < 4.78 is 42.8. The lowest BCUT2D eigenvalue weighted by Crippen LogP contribution is -2.43. The van der Waals surface area contributed by atoms with Gasteiger partial charge in [-0.2, -0.15) is 13.2 Å². The molecule has 0 amide bonds. The van der Waals surface area contributed by atoms with Crippen LogP contribution in [0.3, 0.4) is 0 Å². The van der Waals surface area contributed by atoms with Gasteiger partial charge in [0.05, 0.1) is 5.92 Å². The molecule has 0 aromatic carbocycles. The number of nitrogens with one attached hydrogen (secondary N) is 1. The average Bonchev–Trinajstić information content (AvgIpc) is 2.13. The lowest BCUT2D eigenvalue weighted by atomic mass is 9.88. The lowest BCUT2D eigenvalue weighted by Gasteiger charge is -2.31. The maximum atomic E-state index is 12.6. The van der Waals surface area contributed by atoms with Crippen LogP contribution in [0.1, 0.15) is 33.6 Å². The van der Waals surface area contributed by atoms with Crippen molar-refractivity contribution in [2.24, 2.45) is 11.8 Å². The Morgan fingerprint density at radius 2 is 1.89 bits per heavy atom. The summed E-state index contributed by atoms with van der Waals surface area (Å²) in [6.45, 7) is 5.59. The summed E-state index contributed by atoms with van der Waals surface area (Å²) in [7, 11) is 0. The summed E-state index contributed by atoms with van der Waals surface area (Å²) in [5.41, 5.74) is -0.595. The van der Waals surface area contributed by atoms with Crippen LogP contribution in [0.25, 0.3) is 0 Å². The number of hydrogen-bond donors (Lipinski definition) is 1. The van der Waals surface area contributed by atoms with Gasteiger partial charge in [0, 0.05) is 13.0 Å². The highest BCUT2D eigenvalue weighted by molar-refractivity contribution is 5.70. The molecule has 1 aliphatic heterocycles. The minimum absolute atomic E-state index is 0.00422. The molecular weight excluding hydrogens is 247 g/mol. The highest BCUT2D eigenvalue weighted by atomic mass is 19.4. The summed E-state index contributed by atoms with van der Waals surface area (Å²) in [5.74, 6) is -2.10. The molecule has 1 fully saturated rings. The second-order valence-corrected chi connectivity index (χ2v) is 5.79. The topological polar surface area (TPSA) is 38.3 Å². The van der Waals surface area contributed by atoms with Gasteiger partial charge in [-0.25, -0.2) is 0 Å². The molecule has 1 saturated heterocycles. The Labute approximate surface area is 105 Å². The first-order chi connectivity index (χ1) is 8.08. The molecule has 18 heavy (non-hydrogen) atoms. The Morgan fingerprint density at radius 1 is 1.28 bits per heavy atom. The van der Waals surface area contributed by atoms with Gasteiger partial charge in [-0.1, -0.05) is 0 Å². The van der Waals surface area contributed by atoms with Crippen molar-refractivity contribution < 1.29 is 22.7 Å². The number of alkyl halides is 3. The van der Waals surface area contributed by atoms with E-state index in [1.807, 2.05) is 0 Å². The number of esters is 1. The van der Waals surface area contributed by atoms with Crippen molar-refractivity contribution in [1.29, 1.82) is 0 Å². The first kappa shape index (κ1) is 15.3. The standard InChI is InChI=1S/C12H20F3NO2/c1-11(2,3)18-10(17)5-8-4-9(7-16-6-8)12(13,14)15/h8-9,16H,4-7H2,1-3H3. The van der Waals surface area contributed by atoms with Gasteiger partial charge in [-0.15, -0.1) is 0 Å². The fourth-order valence-electron chi connectivity index (χ4n) is 2.05. The number of hydrogen-bond acceptors (Lipinski definition) is 3. The third-order valence-electron chi connectivity index (χ3n) is 2.78. The number of halogens is 3. The normalized spacial score (nSPS) is 25.9. The second-order valence-electron chi connectivity index (χ2n) is 5.79. The molecule has 3 nitrogen and oxygen atoms in total. The van der Waals surface area contributed by atoms with Crippen LogP contribution in [0, 0.1) is 11.8 Å². The summed E-state index contributed by atoms with van der Waals surface area (Å²) in [6.07, 6.45) is -4.16. The molecule has 0 spiro atoms. The van der Waals surface area contributed by atoms with E-state index < -0.39 is 23.7 Å². The van der Waals surface area contributed by atoms with Crippen LogP contribution in [0.15, 0.2) is 0 Å². The Kier molecular flexibility index (Phi) is 4.64. The number of piperidine rings is 1. The van der Waals surface area contributed by atoms with Gasteiger partial charge in [-0.05, 0) is 39.7 Å². The summed E-state index contributed by atoms with van der Waals surface area (Å²) in [5, 5.41) is 2.73. The smallest absolute Gasteiger partial charge is 0.393 e. The van der Waals surface area contributed by atoms with Crippen LogP contribution < -0.4 is 5.32 Å². The predicted octanol–water partition coefficient (Wildman–Crippen LogP) is 2.51. The molecule has 106 valence electrons. The highest BCUT2D eigenvalue weighted by Crippen LogP contribution is 2.33. The first-order valence-corrected chi connectivity index (χ1v) is 6.07. The first-order valence-electron chi connectivity index (χ1n) is 6.07. The molecule has 0 radical (unpaired) electrons. The van der Waals surface area contributed by atoms with E-state index in [9.17, 15) is 18.0 Å². The van der Waals surface area contributed by atoms with Crippen molar-refractivity contribution in [3.05, 3.63) is 0 Å². The Hall–Kier alpha value is -0.780. The Balaban J connectivity index is 2.46. The molecule has 2 unspecified atom stereocenters. The van der Waals surface area contributed by atoms with Gasteiger partial charge < -0.3 is 10.1 Å². The molecule has 0 aromatic rings. The molecule has 0 saturated carbocycles. The fourth-order valence-corrected chi connectivity index (χ4v) is 2.05. The van der Waals surface area contributed by atoms with E-state index >= 15 is 0 Å². The maximum absolute atomic E-state index is 12.6. The second kappa shape index (κ2) is 5.47. The van der Waals surface area contributed by atoms with Crippen molar-refractivity contribution in [3.63, 3.8) is 0 Å². The van der Waals surface area contributed by atoms with Gasteiger partial charge in [0.15, 0.2) is 0 Å². The van der Waals surface area contributed by atoms with Crippen molar-refractivity contribution in [1.82, 2.24) is 5.32 Å². The minimum atomic E-state index is -4.19. The minimum Gasteiger partial charge on any atom is -0.460 e. The molecule has 1 rings (SSSR count). The summed E-state index contributed by atoms with van der Waals surface area (Å²) in [4.78, 5) is 11.6. The molecule has 2 atom stereocenters. The van der Waals surface area contributed by atoms with Gasteiger partial charge in [0.25, 0.3) is 0 Å². The largest absolute Gasteiger partial charge is 0.460 e. The Morgan fingerprint density at radius 3 is 2.39 bits per heavy atom. The van der Waals surface area contributed by atoms with E-state index in [1.165, 1.54) is 0 Å². The molecule has 0 aromatic heterocycles. The zero-order valence-electron chi connectivity index (χ0n) is 10.9. The highest BCUT2D eigenvalue weighted by Gasteiger charge is 2.42. The van der Waals surface area contributed by atoms with Gasteiger partial charge in [0.1, 0.15) is 5.60 Å². The summed E-state index contributed by atoms with van der Waals surface area (Å²) >= 11 is 0.